The number of carbonyl (C=O) groups excluding carboxylic acids is 1. The van der Waals surface area contributed by atoms with E-state index in [-0.39, 0.29) is 28.4 Å². The second-order valence-corrected chi connectivity index (χ2v) is 9.76. The number of carbonyl (C=O) groups is 2. The quantitative estimate of drug-likeness (QED) is 0.627. The minimum absolute atomic E-state index is 0.0899. The Morgan fingerprint density at radius 2 is 2.10 bits per heavy atom. The van der Waals surface area contributed by atoms with Gasteiger partial charge in [-0.15, -0.1) is 0 Å². The van der Waals surface area contributed by atoms with E-state index in [1.54, 1.807) is 26.0 Å². The summed E-state index contributed by atoms with van der Waals surface area (Å²) in [5.41, 5.74) is 2.51. The molecular weight excluding hydrogens is 443 g/mol. The molecule has 1 aromatic rings. The van der Waals surface area contributed by atoms with Gasteiger partial charge >= 0.3 is 5.97 Å². The fraction of sp³-hybridized carbons (Fsp3) is 0.565. The van der Waals surface area contributed by atoms with Crippen LogP contribution < -0.4 is 4.74 Å². The average Bonchev–Trinajstić information content (AvgIpc) is 3.21. The Morgan fingerprint density at radius 3 is 2.71 bits per heavy atom. The molecule has 0 bridgehead atoms. The molecule has 0 spiro atoms. The van der Waals surface area contributed by atoms with Crippen molar-refractivity contribution in [3.63, 3.8) is 0 Å². The Bertz CT molecular complexity index is 969. The SMILES string of the molecule is CCC12CCC(=O)C=C1c1c(cc(OC(CC3COC(C)(C)O3)C(=O)O)c(Cl)c1Cl)C2. The highest BCUT2D eigenvalue weighted by atomic mass is 35.5. The van der Waals surface area contributed by atoms with E-state index in [2.05, 4.69) is 6.92 Å². The van der Waals surface area contributed by atoms with Crippen LogP contribution >= 0.6 is 23.2 Å². The van der Waals surface area contributed by atoms with Gasteiger partial charge in [-0.3, -0.25) is 4.79 Å². The summed E-state index contributed by atoms with van der Waals surface area (Å²) in [5.74, 6) is -1.55. The van der Waals surface area contributed by atoms with Gasteiger partial charge < -0.3 is 19.3 Å². The maximum atomic E-state index is 12.1. The first-order chi connectivity index (χ1) is 14.5. The van der Waals surface area contributed by atoms with Gasteiger partial charge in [0, 0.05) is 23.8 Å². The third-order valence-corrected chi connectivity index (χ3v) is 7.40. The molecule has 1 aliphatic heterocycles. The van der Waals surface area contributed by atoms with Gasteiger partial charge in [0.2, 0.25) is 0 Å². The standard InChI is InChI=1S/C23H26Cl2O6/c1-4-23-6-5-13(26)8-15(23)18-12(10-23)7-16(19(24)20(18)25)30-17(21(27)28)9-14-11-29-22(2,3)31-14/h7-8,14,17H,4-6,9-11H2,1-3H3,(H,27,28). The highest BCUT2D eigenvalue weighted by Crippen LogP contribution is 2.57. The van der Waals surface area contributed by atoms with E-state index in [0.717, 1.165) is 36.0 Å². The van der Waals surface area contributed by atoms with E-state index in [1.165, 1.54) is 0 Å². The summed E-state index contributed by atoms with van der Waals surface area (Å²) in [5, 5.41) is 10.2. The van der Waals surface area contributed by atoms with Crippen molar-refractivity contribution in [1.82, 2.24) is 0 Å². The van der Waals surface area contributed by atoms with Crippen molar-refractivity contribution in [2.45, 2.75) is 70.9 Å². The van der Waals surface area contributed by atoms with Crippen molar-refractivity contribution in [2.24, 2.45) is 5.41 Å². The van der Waals surface area contributed by atoms with Gasteiger partial charge in [-0.25, -0.2) is 4.79 Å². The van der Waals surface area contributed by atoms with E-state index >= 15 is 0 Å². The first kappa shape index (κ1) is 22.6. The van der Waals surface area contributed by atoms with E-state index in [9.17, 15) is 14.7 Å². The molecule has 1 heterocycles. The van der Waals surface area contributed by atoms with Crippen LogP contribution in [0.5, 0.6) is 5.75 Å². The second kappa shape index (κ2) is 8.07. The number of ether oxygens (including phenoxy) is 3. The lowest BCUT2D eigenvalue weighted by Gasteiger charge is -2.32. The number of ketones is 1. The van der Waals surface area contributed by atoms with Crippen LogP contribution in [-0.4, -0.2) is 41.5 Å². The fourth-order valence-electron chi connectivity index (χ4n) is 4.90. The number of rotatable bonds is 6. The number of aliphatic carboxylic acids is 1. The Hall–Kier alpha value is -1.60. The molecular formula is C23H26Cl2O6. The fourth-order valence-corrected chi connectivity index (χ4v) is 5.41. The smallest absolute Gasteiger partial charge is 0.345 e. The molecule has 3 atom stereocenters. The lowest BCUT2D eigenvalue weighted by atomic mass is 9.71. The van der Waals surface area contributed by atoms with Crippen LogP contribution in [0.3, 0.4) is 0 Å². The van der Waals surface area contributed by atoms with Crippen LogP contribution in [0.4, 0.5) is 0 Å². The summed E-state index contributed by atoms with van der Waals surface area (Å²) in [7, 11) is 0. The molecule has 1 fully saturated rings. The molecule has 8 heteroatoms. The number of allylic oxidation sites excluding steroid dienone is 2. The number of fused-ring (bicyclic) bond motifs is 3. The Labute approximate surface area is 191 Å². The molecule has 31 heavy (non-hydrogen) atoms. The summed E-state index contributed by atoms with van der Waals surface area (Å²) in [6, 6.07) is 1.77. The van der Waals surface area contributed by atoms with E-state index in [0.29, 0.717) is 18.1 Å². The highest BCUT2D eigenvalue weighted by molar-refractivity contribution is 6.44. The van der Waals surface area contributed by atoms with E-state index < -0.39 is 24.0 Å². The van der Waals surface area contributed by atoms with Gasteiger partial charge in [0.15, 0.2) is 17.7 Å². The maximum Gasteiger partial charge on any atom is 0.345 e. The summed E-state index contributed by atoms with van der Waals surface area (Å²) in [4.78, 5) is 24.0. The molecule has 3 unspecified atom stereocenters. The van der Waals surface area contributed by atoms with Gasteiger partial charge in [-0.1, -0.05) is 30.1 Å². The zero-order chi connectivity index (χ0) is 22.6. The molecule has 0 amide bonds. The molecule has 4 rings (SSSR count). The minimum atomic E-state index is -1.17. The zero-order valence-corrected chi connectivity index (χ0v) is 19.3. The summed E-state index contributed by atoms with van der Waals surface area (Å²) in [6.07, 6.45) is 3.11. The number of benzene rings is 1. The largest absolute Gasteiger partial charge is 0.479 e. The van der Waals surface area contributed by atoms with Crippen LogP contribution in [0.25, 0.3) is 5.57 Å². The number of hydrogen-bond acceptors (Lipinski definition) is 5. The number of carboxylic acid groups (broad SMARTS) is 1. The van der Waals surface area contributed by atoms with Gasteiger partial charge in [0.05, 0.1) is 17.7 Å². The topological polar surface area (TPSA) is 82.1 Å². The van der Waals surface area contributed by atoms with Crippen LogP contribution in [-0.2, 0) is 25.5 Å². The van der Waals surface area contributed by atoms with Gasteiger partial charge in [0.25, 0.3) is 0 Å². The van der Waals surface area contributed by atoms with Crippen molar-refractivity contribution in [1.29, 1.82) is 0 Å². The molecule has 1 saturated heterocycles. The van der Waals surface area contributed by atoms with Crippen molar-refractivity contribution >= 4 is 40.5 Å². The maximum absolute atomic E-state index is 12.1. The Balaban J connectivity index is 1.64. The first-order valence-corrected chi connectivity index (χ1v) is 11.3. The predicted molar refractivity (Wildman–Crippen MR) is 117 cm³/mol. The Kier molecular flexibility index (Phi) is 5.88. The number of carboxylic acids is 1. The third-order valence-electron chi connectivity index (χ3n) is 6.55. The second-order valence-electron chi connectivity index (χ2n) is 9.00. The molecule has 3 aliphatic rings. The summed E-state index contributed by atoms with van der Waals surface area (Å²) in [6.45, 7) is 5.96. The van der Waals surface area contributed by atoms with Crippen LogP contribution in [0.15, 0.2) is 12.1 Å². The van der Waals surface area contributed by atoms with Gasteiger partial charge in [0.1, 0.15) is 10.8 Å². The molecule has 168 valence electrons. The van der Waals surface area contributed by atoms with Crippen molar-refractivity contribution in [3.05, 3.63) is 33.3 Å². The predicted octanol–water partition coefficient (Wildman–Crippen LogP) is 5.07. The summed E-state index contributed by atoms with van der Waals surface area (Å²) >= 11 is 13.2. The van der Waals surface area contributed by atoms with Crippen LogP contribution in [0, 0.1) is 5.41 Å². The minimum Gasteiger partial charge on any atom is -0.479 e. The van der Waals surface area contributed by atoms with Crippen LogP contribution in [0.2, 0.25) is 10.0 Å². The molecule has 0 saturated carbocycles. The van der Waals surface area contributed by atoms with Gasteiger partial charge in [-0.05, 0) is 56.4 Å². The number of halogens is 2. The number of hydrogen-bond donors (Lipinski definition) is 1. The molecule has 6 nitrogen and oxygen atoms in total. The van der Waals surface area contributed by atoms with Crippen LogP contribution in [0.1, 0.15) is 57.6 Å². The normalized spacial score (nSPS) is 27.5. The van der Waals surface area contributed by atoms with Crippen molar-refractivity contribution < 1.29 is 28.9 Å². The first-order valence-electron chi connectivity index (χ1n) is 10.5. The van der Waals surface area contributed by atoms with Crippen molar-refractivity contribution in [2.75, 3.05) is 6.61 Å². The van der Waals surface area contributed by atoms with Gasteiger partial charge in [-0.2, -0.15) is 0 Å². The lowest BCUT2D eigenvalue weighted by molar-refractivity contribution is -0.153. The lowest BCUT2D eigenvalue weighted by Crippen LogP contribution is -2.33. The zero-order valence-electron chi connectivity index (χ0n) is 17.8. The van der Waals surface area contributed by atoms with E-state index in [1.807, 2.05) is 0 Å². The highest BCUT2D eigenvalue weighted by Gasteiger charge is 2.45. The molecule has 2 aliphatic carbocycles. The van der Waals surface area contributed by atoms with E-state index in [4.69, 9.17) is 37.4 Å². The Morgan fingerprint density at radius 1 is 1.35 bits per heavy atom. The average molecular weight is 469 g/mol. The summed E-state index contributed by atoms with van der Waals surface area (Å²) < 4.78 is 17.1. The molecule has 0 aromatic heterocycles. The monoisotopic (exact) mass is 468 g/mol. The van der Waals surface area contributed by atoms with Crippen molar-refractivity contribution in [3.8, 4) is 5.75 Å². The molecule has 0 radical (unpaired) electrons. The molecule has 1 N–H and O–H groups in total. The third kappa shape index (κ3) is 4.11. The molecule has 1 aromatic carbocycles.